The Morgan fingerprint density at radius 2 is 2.04 bits per heavy atom. The summed E-state index contributed by atoms with van der Waals surface area (Å²) in [5.41, 5.74) is 2.32. The largest absolute Gasteiger partial charge is 0.497 e. The van der Waals surface area contributed by atoms with E-state index in [9.17, 15) is 14.7 Å². The number of esters is 1. The Morgan fingerprint density at radius 3 is 2.67 bits per heavy atom. The lowest BCUT2D eigenvalue weighted by Crippen LogP contribution is -2.56. The van der Waals surface area contributed by atoms with Gasteiger partial charge in [0, 0.05) is 18.3 Å². The molecule has 3 rings (SSSR count). The molecule has 0 aliphatic heterocycles. The number of aryl methyl sites for hydroxylation is 2. The first-order chi connectivity index (χ1) is 11.4. The number of aliphatic hydroxyl groups is 1. The van der Waals surface area contributed by atoms with E-state index in [2.05, 4.69) is 0 Å². The van der Waals surface area contributed by atoms with Gasteiger partial charge in [0.1, 0.15) is 11.9 Å². The van der Waals surface area contributed by atoms with Crippen LogP contribution in [-0.2, 0) is 20.7 Å². The van der Waals surface area contributed by atoms with Crippen molar-refractivity contribution in [2.45, 2.75) is 45.1 Å². The van der Waals surface area contributed by atoms with E-state index < -0.39 is 17.4 Å². The summed E-state index contributed by atoms with van der Waals surface area (Å²) in [6.45, 7) is 3.77. The second-order valence-corrected chi connectivity index (χ2v) is 7.01. The van der Waals surface area contributed by atoms with Gasteiger partial charge >= 0.3 is 5.97 Å². The summed E-state index contributed by atoms with van der Waals surface area (Å²) in [4.78, 5) is 25.1. The zero-order valence-corrected chi connectivity index (χ0v) is 14.6. The van der Waals surface area contributed by atoms with Crippen LogP contribution in [0.25, 0.3) is 0 Å². The van der Waals surface area contributed by atoms with Crippen LogP contribution in [-0.4, -0.2) is 37.2 Å². The minimum atomic E-state index is -1.11. The van der Waals surface area contributed by atoms with E-state index in [1.807, 2.05) is 19.1 Å². The fourth-order valence-electron chi connectivity index (χ4n) is 4.76. The molecule has 0 spiro atoms. The lowest BCUT2D eigenvalue weighted by Gasteiger charge is -2.51. The molecule has 1 N–H and O–H groups in total. The van der Waals surface area contributed by atoms with Crippen LogP contribution in [0.1, 0.15) is 42.4 Å². The number of benzene rings is 1. The zero-order chi connectivity index (χ0) is 17.6. The first kappa shape index (κ1) is 17.0. The summed E-state index contributed by atoms with van der Waals surface area (Å²) in [7, 11) is 3.01. The molecule has 0 heterocycles. The van der Waals surface area contributed by atoms with E-state index in [0.29, 0.717) is 12.8 Å². The van der Waals surface area contributed by atoms with Crippen molar-refractivity contribution < 1.29 is 24.2 Å². The molecular formula is C19H24O5. The molecule has 4 atom stereocenters. The van der Waals surface area contributed by atoms with Gasteiger partial charge in [0.05, 0.1) is 19.6 Å². The van der Waals surface area contributed by atoms with Crippen molar-refractivity contribution in [3.63, 3.8) is 0 Å². The third kappa shape index (κ3) is 2.18. The molecule has 2 aliphatic rings. The molecule has 0 aromatic heterocycles. The molecule has 0 unspecified atom stereocenters. The van der Waals surface area contributed by atoms with E-state index in [1.54, 1.807) is 14.0 Å². The number of aliphatic hydroxyl groups excluding tert-OH is 1. The first-order valence-electron chi connectivity index (χ1n) is 8.33. The molecule has 130 valence electrons. The summed E-state index contributed by atoms with van der Waals surface area (Å²) in [5.74, 6) is -0.467. The third-order valence-electron chi connectivity index (χ3n) is 6.05. The first-order valence-corrected chi connectivity index (χ1v) is 8.33. The highest BCUT2D eigenvalue weighted by Gasteiger charge is 2.60. The van der Waals surface area contributed by atoms with Gasteiger partial charge in [-0.2, -0.15) is 0 Å². The van der Waals surface area contributed by atoms with Gasteiger partial charge in [0.2, 0.25) is 0 Å². The minimum absolute atomic E-state index is 0.167. The average molecular weight is 332 g/mol. The zero-order valence-electron chi connectivity index (χ0n) is 14.6. The average Bonchev–Trinajstić information content (AvgIpc) is 2.58. The molecule has 5 nitrogen and oxygen atoms in total. The highest BCUT2D eigenvalue weighted by atomic mass is 16.5. The Balaban J connectivity index is 2.20. The molecule has 0 bridgehead atoms. The van der Waals surface area contributed by atoms with Gasteiger partial charge in [0.25, 0.3) is 0 Å². The van der Waals surface area contributed by atoms with Crippen molar-refractivity contribution >= 4 is 11.8 Å². The standard InChI is InChI=1S/C19H24O5/c1-10-7-13(23-3)8-12-5-6-19(18(22)24-4)11(2)17(21)15(20)9-14(19)16(10)12/h7-8,11,14,17,21H,5-6,9H2,1-4H3/t11-,14+,17-,19-/m0/s1. The van der Waals surface area contributed by atoms with Gasteiger partial charge in [-0.1, -0.05) is 6.92 Å². The fourth-order valence-corrected chi connectivity index (χ4v) is 4.76. The van der Waals surface area contributed by atoms with Gasteiger partial charge < -0.3 is 14.6 Å². The van der Waals surface area contributed by atoms with Gasteiger partial charge in [0.15, 0.2) is 5.78 Å². The van der Waals surface area contributed by atoms with Crippen molar-refractivity contribution in [2.24, 2.45) is 11.3 Å². The van der Waals surface area contributed by atoms with Crippen molar-refractivity contribution in [1.29, 1.82) is 0 Å². The summed E-state index contributed by atoms with van der Waals surface area (Å²) in [5, 5.41) is 10.3. The second-order valence-electron chi connectivity index (χ2n) is 7.01. The van der Waals surface area contributed by atoms with Crippen LogP contribution in [0.15, 0.2) is 12.1 Å². The van der Waals surface area contributed by atoms with Crippen molar-refractivity contribution in [3.8, 4) is 5.75 Å². The SMILES string of the molecule is COC(=O)[C@]12CCc3cc(OC)cc(C)c3[C@H]1CC(=O)[C@@H](O)[C@@H]2C. The number of ether oxygens (including phenoxy) is 2. The normalized spacial score (nSPS) is 31.9. The molecule has 1 fully saturated rings. The van der Waals surface area contributed by atoms with Crippen LogP contribution in [0.3, 0.4) is 0 Å². The monoisotopic (exact) mass is 332 g/mol. The maximum Gasteiger partial charge on any atom is 0.312 e. The summed E-state index contributed by atoms with van der Waals surface area (Å²) in [6.07, 6.45) is 0.320. The van der Waals surface area contributed by atoms with E-state index in [4.69, 9.17) is 9.47 Å². The smallest absolute Gasteiger partial charge is 0.312 e. The van der Waals surface area contributed by atoms with Crippen molar-refractivity contribution in [3.05, 3.63) is 28.8 Å². The van der Waals surface area contributed by atoms with Crippen LogP contribution in [0, 0.1) is 18.3 Å². The Labute approximate surface area is 142 Å². The van der Waals surface area contributed by atoms with E-state index in [0.717, 1.165) is 22.4 Å². The van der Waals surface area contributed by atoms with Crippen molar-refractivity contribution in [2.75, 3.05) is 14.2 Å². The molecule has 0 saturated heterocycles. The molecule has 24 heavy (non-hydrogen) atoms. The molecule has 2 aliphatic carbocycles. The molecular weight excluding hydrogens is 308 g/mol. The summed E-state index contributed by atoms with van der Waals surface area (Å²) < 4.78 is 10.5. The highest BCUT2D eigenvalue weighted by Crippen LogP contribution is 2.57. The maximum absolute atomic E-state index is 12.8. The highest BCUT2D eigenvalue weighted by molar-refractivity contribution is 5.90. The summed E-state index contributed by atoms with van der Waals surface area (Å²) in [6, 6.07) is 3.93. The number of methoxy groups -OCH3 is 2. The Morgan fingerprint density at radius 1 is 1.33 bits per heavy atom. The molecule has 1 saturated carbocycles. The summed E-state index contributed by atoms with van der Waals surface area (Å²) >= 11 is 0. The van der Waals surface area contributed by atoms with Gasteiger partial charge in [-0.05, 0) is 48.6 Å². The van der Waals surface area contributed by atoms with Crippen LogP contribution in [0.5, 0.6) is 5.75 Å². The lowest BCUT2D eigenvalue weighted by molar-refractivity contribution is -0.170. The number of hydrogen-bond donors (Lipinski definition) is 1. The van der Waals surface area contributed by atoms with E-state index in [-0.39, 0.29) is 24.1 Å². The molecule has 5 heteroatoms. The maximum atomic E-state index is 12.8. The van der Waals surface area contributed by atoms with Crippen LogP contribution in [0.2, 0.25) is 0 Å². The van der Waals surface area contributed by atoms with Gasteiger partial charge in [-0.15, -0.1) is 0 Å². The number of Topliss-reactive ketones (excluding diaryl/α,β-unsaturated/α-hetero) is 1. The molecule has 1 aromatic rings. The number of rotatable bonds is 2. The number of fused-ring (bicyclic) bond motifs is 3. The second kappa shape index (κ2) is 5.88. The van der Waals surface area contributed by atoms with Gasteiger partial charge in [-0.3, -0.25) is 9.59 Å². The number of hydrogen-bond acceptors (Lipinski definition) is 5. The minimum Gasteiger partial charge on any atom is -0.497 e. The Hall–Kier alpha value is -1.88. The van der Waals surface area contributed by atoms with Crippen LogP contribution < -0.4 is 4.74 Å². The molecule has 0 radical (unpaired) electrons. The number of carbonyl (C=O) groups excluding carboxylic acids is 2. The lowest BCUT2D eigenvalue weighted by atomic mass is 9.52. The molecule has 1 aromatic carbocycles. The van der Waals surface area contributed by atoms with Crippen LogP contribution >= 0.6 is 0 Å². The predicted octanol–water partition coefficient (Wildman–Crippen LogP) is 2.16. The number of carbonyl (C=O) groups is 2. The van der Waals surface area contributed by atoms with Crippen LogP contribution in [0.4, 0.5) is 0 Å². The number of ketones is 1. The molecule has 0 amide bonds. The Kier molecular flexibility index (Phi) is 4.16. The van der Waals surface area contributed by atoms with E-state index in [1.165, 1.54) is 7.11 Å². The van der Waals surface area contributed by atoms with Crippen molar-refractivity contribution in [1.82, 2.24) is 0 Å². The topological polar surface area (TPSA) is 72.8 Å². The fraction of sp³-hybridized carbons (Fsp3) is 0.579. The third-order valence-corrected chi connectivity index (χ3v) is 6.05. The predicted molar refractivity (Wildman–Crippen MR) is 88.0 cm³/mol. The quantitative estimate of drug-likeness (QED) is 0.840. The van der Waals surface area contributed by atoms with E-state index >= 15 is 0 Å². The Bertz CT molecular complexity index is 695. The van der Waals surface area contributed by atoms with Gasteiger partial charge in [-0.25, -0.2) is 0 Å².